The lowest BCUT2D eigenvalue weighted by Gasteiger charge is -2.17. The first kappa shape index (κ1) is 15.8. The Morgan fingerprint density at radius 2 is 1.76 bits per heavy atom. The summed E-state index contributed by atoms with van der Waals surface area (Å²) in [5.74, 6) is -1.84. The molecule has 6 heteroatoms. The molecular weight excluding hydrogens is 272 g/mol. The molecule has 3 atom stereocenters. The highest BCUT2D eigenvalue weighted by Gasteiger charge is 2.41. The van der Waals surface area contributed by atoms with E-state index < -0.39 is 17.8 Å². The van der Waals surface area contributed by atoms with Crippen LogP contribution in [-0.2, 0) is 14.4 Å². The average molecular weight is 296 g/mol. The minimum Gasteiger partial charge on any atom is -0.481 e. The second kappa shape index (κ2) is 6.91. The van der Waals surface area contributed by atoms with Crippen molar-refractivity contribution < 1.29 is 19.5 Å². The first-order chi connectivity index (χ1) is 9.99. The third-order valence-corrected chi connectivity index (χ3v) is 4.55. The van der Waals surface area contributed by atoms with Gasteiger partial charge in [0.2, 0.25) is 11.8 Å². The van der Waals surface area contributed by atoms with Gasteiger partial charge in [-0.15, -0.1) is 0 Å². The van der Waals surface area contributed by atoms with Crippen LogP contribution in [0.1, 0.15) is 39.0 Å². The normalized spacial score (nSPS) is 28.6. The Labute approximate surface area is 124 Å². The second-order valence-electron chi connectivity index (χ2n) is 6.26. The van der Waals surface area contributed by atoms with Gasteiger partial charge in [0.25, 0.3) is 0 Å². The molecule has 118 valence electrons. The maximum Gasteiger partial charge on any atom is 0.307 e. The van der Waals surface area contributed by atoms with E-state index in [-0.39, 0.29) is 17.7 Å². The Bertz CT molecular complexity index is 418. The summed E-state index contributed by atoms with van der Waals surface area (Å²) in [4.78, 5) is 37.0. The lowest BCUT2D eigenvalue weighted by atomic mass is 9.95. The Kier molecular flexibility index (Phi) is 5.20. The fraction of sp³-hybridized carbons (Fsp3) is 0.800. The topological polar surface area (TPSA) is 86.7 Å². The number of carbonyl (C=O) groups is 3. The van der Waals surface area contributed by atoms with Gasteiger partial charge >= 0.3 is 5.97 Å². The molecule has 2 fully saturated rings. The summed E-state index contributed by atoms with van der Waals surface area (Å²) in [6.07, 6.45) is 3.57. The molecule has 1 heterocycles. The van der Waals surface area contributed by atoms with Gasteiger partial charge in [-0.05, 0) is 31.6 Å². The molecule has 2 rings (SSSR count). The molecule has 6 nitrogen and oxygen atoms in total. The van der Waals surface area contributed by atoms with Gasteiger partial charge in [-0.1, -0.05) is 6.92 Å². The molecule has 2 N–H and O–H groups in total. The van der Waals surface area contributed by atoms with Crippen LogP contribution in [-0.4, -0.2) is 47.4 Å². The Morgan fingerprint density at radius 3 is 2.38 bits per heavy atom. The van der Waals surface area contributed by atoms with Crippen molar-refractivity contribution in [1.29, 1.82) is 0 Å². The number of aliphatic carboxylic acids is 1. The maximum atomic E-state index is 12.1. The van der Waals surface area contributed by atoms with Crippen LogP contribution >= 0.6 is 0 Å². The minimum absolute atomic E-state index is 0.0716. The molecule has 21 heavy (non-hydrogen) atoms. The van der Waals surface area contributed by atoms with Crippen LogP contribution in [0.3, 0.4) is 0 Å². The molecular formula is C15H24N2O4. The zero-order valence-corrected chi connectivity index (χ0v) is 12.5. The van der Waals surface area contributed by atoms with Crippen molar-refractivity contribution in [1.82, 2.24) is 10.2 Å². The first-order valence-corrected chi connectivity index (χ1v) is 7.77. The number of carboxylic acid groups (broad SMARTS) is 1. The first-order valence-electron chi connectivity index (χ1n) is 7.77. The number of carbonyl (C=O) groups excluding carboxylic acids is 2. The predicted molar refractivity (Wildman–Crippen MR) is 76.5 cm³/mol. The lowest BCUT2D eigenvalue weighted by Crippen LogP contribution is -2.38. The number of nitrogens with one attached hydrogen (secondary N) is 1. The molecule has 2 amide bonds. The van der Waals surface area contributed by atoms with Crippen LogP contribution < -0.4 is 5.32 Å². The minimum atomic E-state index is -0.896. The van der Waals surface area contributed by atoms with Crippen LogP contribution in [0.5, 0.6) is 0 Å². The van der Waals surface area contributed by atoms with Gasteiger partial charge in [0.1, 0.15) is 0 Å². The summed E-state index contributed by atoms with van der Waals surface area (Å²) >= 11 is 0. The van der Waals surface area contributed by atoms with Gasteiger partial charge in [-0.3, -0.25) is 14.4 Å². The standard InChI is InChI=1S/C15H24N2O4/c1-10-8-11(12(9-10)15(20)21)14(19)16-5-4-13(18)17-6-2-3-7-17/h10-12H,2-9H2,1H3,(H,16,19)(H,20,21). The maximum absolute atomic E-state index is 12.1. The summed E-state index contributed by atoms with van der Waals surface area (Å²) in [7, 11) is 0. The number of hydrogen-bond acceptors (Lipinski definition) is 3. The van der Waals surface area contributed by atoms with Crippen molar-refractivity contribution in [2.45, 2.75) is 39.0 Å². The predicted octanol–water partition coefficient (Wildman–Crippen LogP) is 0.862. The number of nitrogens with zero attached hydrogens (tertiary/aromatic N) is 1. The van der Waals surface area contributed by atoms with E-state index in [1.165, 1.54) is 0 Å². The molecule has 1 aliphatic carbocycles. The molecule has 0 aromatic heterocycles. The third kappa shape index (κ3) is 3.95. The number of amides is 2. The number of carboxylic acids is 1. The third-order valence-electron chi connectivity index (χ3n) is 4.55. The molecule has 0 bridgehead atoms. The Hall–Kier alpha value is -1.59. The highest BCUT2D eigenvalue weighted by atomic mass is 16.4. The van der Waals surface area contributed by atoms with Crippen molar-refractivity contribution in [3.63, 3.8) is 0 Å². The van der Waals surface area contributed by atoms with Crippen molar-refractivity contribution in [3.8, 4) is 0 Å². The quantitative estimate of drug-likeness (QED) is 0.788. The summed E-state index contributed by atoms with van der Waals surface area (Å²) in [6, 6.07) is 0. The highest BCUT2D eigenvalue weighted by Crippen LogP contribution is 2.36. The van der Waals surface area contributed by atoms with E-state index >= 15 is 0 Å². The Balaban J connectivity index is 1.76. The fourth-order valence-corrected chi connectivity index (χ4v) is 3.40. The SMILES string of the molecule is CC1CC(C(=O)O)C(C(=O)NCCC(=O)N2CCCC2)C1. The molecule has 1 aliphatic heterocycles. The summed E-state index contributed by atoms with van der Waals surface area (Å²) < 4.78 is 0. The molecule has 0 aromatic rings. The van der Waals surface area contributed by atoms with E-state index in [4.69, 9.17) is 5.11 Å². The van der Waals surface area contributed by atoms with Crippen LogP contribution in [0.4, 0.5) is 0 Å². The summed E-state index contributed by atoms with van der Waals surface area (Å²) in [5.41, 5.74) is 0. The van der Waals surface area contributed by atoms with Gasteiger partial charge in [0.05, 0.1) is 11.8 Å². The van der Waals surface area contributed by atoms with Gasteiger partial charge in [-0.2, -0.15) is 0 Å². The summed E-state index contributed by atoms with van der Waals surface area (Å²) in [5, 5.41) is 11.9. The van der Waals surface area contributed by atoms with Crippen LogP contribution in [0.15, 0.2) is 0 Å². The van der Waals surface area contributed by atoms with E-state index in [1.807, 2.05) is 11.8 Å². The average Bonchev–Trinajstić information content (AvgIpc) is 3.07. The molecule has 2 aliphatic rings. The van der Waals surface area contributed by atoms with E-state index in [0.29, 0.717) is 25.8 Å². The number of rotatable bonds is 5. The molecule has 0 spiro atoms. The highest BCUT2D eigenvalue weighted by molar-refractivity contribution is 5.85. The fourth-order valence-electron chi connectivity index (χ4n) is 3.40. The van der Waals surface area contributed by atoms with Gasteiger partial charge in [-0.25, -0.2) is 0 Å². The largest absolute Gasteiger partial charge is 0.481 e. The monoisotopic (exact) mass is 296 g/mol. The Morgan fingerprint density at radius 1 is 1.14 bits per heavy atom. The molecule has 1 saturated carbocycles. The van der Waals surface area contributed by atoms with E-state index in [2.05, 4.69) is 5.32 Å². The van der Waals surface area contributed by atoms with Gasteiger partial charge in [0.15, 0.2) is 0 Å². The van der Waals surface area contributed by atoms with E-state index in [0.717, 1.165) is 25.9 Å². The molecule has 1 saturated heterocycles. The smallest absolute Gasteiger partial charge is 0.307 e. The van der Waals surface area contributed by atoms with Crippen LogP contribution in [0.25, 0.3) is 0 Å². The van der Waals surface area contributed by atoms with E-state index in [1.54, 1.807) is 0 Å². The van der Waals surface area contributed by atoms with Crippen molar-refractivity contribution >= 4 is 17.8 Å². The lowest BCUT2D eigenvalue weighted by molar-refractivity contribution is -0.146. The zero-order valence-electron chi connectivity index (χ0n) is 12.5. The van der Waals surface area contributed by atoms with E-state index in [9.17, 15) is 14.4 Å². The number of likely N-dealkylation sites (tertiary alicyclic amines) is 1. The van der Waals surface area contributed by atoms with Gasteiger partial charge < -0.3 is 15.3 Å². The van der Waals surface area contributed by atoms with Crippen molar-refractivity contribution in [2.24, 2.45) is 17.8 Å². The van der Waals surface area contributed by atoms with Crippen molar-refractivity contribution in [3.05, 3.63) is 0 Å². The van der Waals surface area contributed by atoms with Crippen LogP contribution in [0.2, 0.25) is 0 Å². The van der Waals surface area contributed by atoms with Crippen LogP contribution in [0, 0.1) is 17.8 Å². The number of hydrogen-bond donors (Lipinski definition) is 2. The second-order valence-corrected chi connectivity index (χ2v) is 6.26. The van der Waals surface area contributed by atoms with Gasteiger partial charge in [0, 0.05) is 26.1 Å². The zero-order chi connectivity index (χ0) is 15.4. The molecule has 0 radical (unpaired) electrons. The summed E-state index contributed by atoms with van der Waals surface area (Å²) in [6.45, 7) is 3.90. The molecule has 3 unspecified atom stereocenters. The van der Waals surface area contributed by atoms with Crippen molar-refractivity contribution in [2.75, 3.05) is 19.6 Å². The molecule has 0 aromatic carbocycles.